The number of halogens is 2. The minimum absolute atomic E-state index is 0.764. The molecule has 0 radical (unpaired) electrons. The van der Waals surface area contributed by atoms with Crippen LogP contribution in [0.15, 0.2) is 21.9 Å². The second-order valence-electron chi connectivity index (χ2n) is 9.25. The maximum Gasteiger partial charge on any atom is 0.481 e. The standard InChI is InChI=1S/C18H29F2N3O15P2S/c1-22(2)9-14(29)18(20,36-15(9)23-4-3-8(25)21-17(23)30)6-34-40(33,41)38-39(31,32)37-16-12(28)10(26)11(27)13(35-16)7(19)5-24/h3-4,7,9-16,24,26-29H,5-6H2,1-2H3,(H,31,32)(H,33,41)(H,21,25,30)/t7-,9+,10?,11?,12?,13?,14-,15+,16?,18+,40?/m0/s1. The average Bonchev–Trinajstić information content (AvgIpc) is 3.12. The highest BCUT2D eigenvalue weighted by Crippen LogP contribution is 2.62. The number of aliphatic hydroxyl groups excluding tert-OH is 5. The van der Waals surface area contributed by atoms with Gasteiger partial charge in [-0.15, -0.1) is 0 Å². The fourth-order valence-corrected chi connectivity index (χ4v) is 7.17. The van der Waals surface area contributed by atoms with Crippen LogP contribution in [0.5, 0.6) is 0 Å². The lowest BCUT2D eigenvalue weighted by Crippen LogP contribution is -2.60. The molecule has 12 atom stereocenters. The van der Waals surface area contributed by atoms with Gasteiger partial charge in [0.25, 0.3) is 11.4 Å². The molecule has 0 amide bonds. The van der Waals surface area contributed by atoms with Crippen LogP contribution in [0.3, 0.4) is 0 Å². The van der Waals surface area contributed by atoms with Crippen molar-refractivity contribution in [1.82, 2.24) is 14.5 Å². The summed E-state index contributed by atoms with van der Waals surface area (Å²) in [6, 6.07) is -0.347. The predicted molar refractivity (Wildman–Crippen MR) is 132 cm³/mol. The van der Waals surface area contributed by atoms with Crippen LogP contribution in [0.4, 0.5) is 8.78 Å². The third-order valence-corrected chi connectivity index (χ3v) is 9.60. The molecular weight excluding hydrogens is 630 g/mol. The molecule has 3 rings (SSSR count). The number of hydrogen-bond donors (Lipinski definition) is 8. The summed E-state index contributed by atoms with van der Waals surface area (Å²) in [5, 5.41) is 49.3. The van der Waals surface area contributed by atoms with Crippen LogP contribution in [-0.4, -0.2) is 132 Å². The lowest BCUT2D eigenvalue weighted by atomic mass is 9.96. The van der Waals surface area contributed by atoms with E-state index in [-0.39, 0.29) is 0 Å². The number of nitrogens with zero attached hydrogens (tertiary/aromatic N) is 2. The first-order valence-corrected chi connectivity index (χ1v) is 15.6. The lowest BCUT2D eigenvalue weighted by Gasteiger charge is -2.41. The van der Waals surface area contributed by atoms with E-state index < -0.39 is 100 Å². The van der Waals surface area contributed by atoms with Crippen molar-refractivity contribution in [3.05, 3.63) is 33.1 Å². The zero-order valence-electron chi connectivity index (χ0n) is 21.1. The fourth-order valence-electron chi connectivity index (χ4n) is 4.09. The van der Waals surface area contributed by atoms with Crippen LogP contribution in [0.1, 0.15) is 6.23 Å². The molecule has 0 spiro atoms. The third-order valence-electron chi connectivity index (χ3n) is 6.10. The number of aromatic nitrogens is 2. The van der Waals surface area contributed by atoms with E-state index in [1.54, 1.807) is 0 Å². The van der Waals surface area contributed by atoms with Gasteiger partial charge in [0, 0.05) is 12.3 Å². The summed E-state index contributed by atoms with van der Waals surface area (Å²) in [5.41, 5.74) is -1.77. The van der Waals surface area contributed by atoms with E-state index in [4.69, 9.17) is 19.1 Å². The SMILES string of the molecule is CN(C)[C@H]1[C@H](n2ccc(=O)[nH]c2=O)O[C@](F)(COP(O)(=S)OP(=O)(O)OC2OC([C@@H](F)CO)C(O)C(O)C2O)[C@H]1O. The number of phosphoric ester groups is 1. The van der Waals surface area contributed by atoms with Gasteiger partial charge in [0.2, 0.25) is 0 Å². The van der Waals surface area contributed by atoms with E-state index >= 15 is 4.39 Å². The summed E-state index contributed by atoms with van der Waals surface area (Å²) in [7, 11) is -2.83. The predicted octanol–water partition coefficient (Wildman–Crippen LogP) is -3.47. The fraction of sp³-hybridized carbons (Fsp3) is 0.778. The Labute approximate surface area is 234 Å². The maximum atomic E-state index is 15.8. The number of ether oxygens (including phenoxy) is 2. The van der Waals surface area contributed by atoms with Crippen LogP contribution in [0.25, 0.3) is 0 Å². The monoisotopic (exact) mass is 659 g/mol. The Bertz CT molecular complexity index is 1290. The van der Waals surface area contributed by atoms with Crippen molar-refractivity contribution in [2.75, 3.05) is 27.3 Å². The molecule has 8 N–H and O–H groups in total. The van der Waals surface area contributed by atoms with Crippen LogP contribution in [0.2, 0.25) is 0 Å². The molecule has 3 heterocycles. The summed E-state index contributed by atoms with van der Waals surface area (Å²) in [5.74, 6) is -3.22. The Hall–Kier alpha value is -1.10. The third kappa shape index (κ3) is 7.71. The molecule has 7 unspecified atom stereocenters. The van der Waals surface area contributed by atoms with Gasteiger partial charge in [-0.3, -0.25) is 23.8 Å². The van der Waals surface area contributed by atoms with Gasteiger partial charge in [0.1, 0.15) is 37.1 Å². The minimum atomic E-state index is -5.63. The van der Waals surface area contributed by atoms with Crippen molar-refractivity contribution in [3.8, 4) is 0 Å². The molecule has 236 valence electrons. The topological polar surface area (TPSA) is 263 Å². The Morgan fingerprint density at radius 3 is 2.41 bits per heavy atom. The molecule has 18 nitrogen and oxygen atoms in total. The second kappa shape index (κ2) is 12.9. The number of hydrogen-bond acceptors (Lipinski definition) is 15. The van der Waals surface area contributed by atoms with Gasteiger partial charge in [-0.2, -0.15) is 0 Å². The molecule has 1 aromatic heterocycles. The molecule has 23 heteroatoms. The van der Waals surface area contributed by atoms with Crippen LogP contribution < -0.4 is 11.2 Å². The highest BCUT2D eigenvalue weighted by atomic mass is 32.5. The number of H-pyrrole nitrogens is 1. The summed E-state index contributed by atoms with van der Waals surface area (Å²) in [6.07, 6.45) is -15.9. The summed E-state index contributed by atoms with van der Waals surface area (Å²) in [6.45, 7) is -7.61. The van der Waals surface area contributed by atoms with Crippen LogP contribution in [0, 0.1) is 0 Å². The maximum absolute atomic E-state index is 15.8. The van der Waals surface area contributed by atoms with Gasteiger partial charge < -0.3 is 49.3 Å². The number of aromatic amines is 1. The second-order valence-corrected chi connectivity index (χ2v) is 13.6. The van der Waals surface area contributed by atoms with Gasteiger partial charge in [-0.25, -0.2) is 22.5 Å². The minimum Gasteiger partial charge on any atom is -0.393 e. The van der Waals surface area contributed by atoms with E-state index in [0.717, 1.165) is 16.8 Å². The Morgan fingerprint density at radius 1 is 1.22 bits per heavy atom. The molecule has 2 aliphatic heterocycles. The molecule has 0 bridgehead atoms. The lowest BCUT2D eigenvalue weighted by molar-refractivity contribution is -0.287. The van der Waals surface area contributed by atoms with Gasteiger partial charge in [-0.05, 0) is 25.9 Å². The largest absolute Gasteiger partial charge is 0.481 e. The zero-order valence-corrected chi connectivity index (χ0v) is 23.7. The van der Waals surface area contributed by atoms with Gasteiger partial charge in [0.05, 0.1) is 12.6 Å². The van der Waals surface area contributed by atoms with Crippen molar-refractivity contribution in [2.45, 2.75) is 61.1 Å². The van der Waals surface area contributed by atoms with E-state index in [9.17, 15) is 48.8 Å². The molecule has 2 fully saturated rings. The first-order valence-electron chi connectivity index (χ1n) is 11.5. The normalized spacial score (nSPS) is 38.0. The first-order chi connectivity index (χ1) is 18.8. The smallest absolute Gasteiger partial charge is 0.393 e. The van der Waals surface area contributed by atoms with E-state index in [1.807, 2.05) is 4.98 Å². The number of nitrogens with one attached hydrogen (secondary N) is 1. The van der Waals surface area contributed by atoms with Crippen molar-refractivity contribution in [1.29, 1.82) is 0 Å². The highest BCUT2D eigenvalue weighted by molar-refractivity contribution is 8.08. The molecule has 0 aromatic carbocycles. The Morgan fingerprint density at radius 2 is 1.85 bits per heavy atom. The summed E-state index contributed by atoms with van der Waals surface area (Å²) < 4.78 is 66.5. The van der Waals surface area contributed by atoms with Gasteiger partial charge in [-0.1, -0.05) is 0 Å². The zero-order chi connectivity index (χ0) is 31.1. The highest BCUT2D eigenvalue weighted by Gasteiger charge is 2.58. The summed E-state index contributed by atoms with van der Waals surface area (Å²) >= 11 is 4.59. The van der Waals surface area contributed by atoms with Crippen molar-refractivity contribution in [2.24, 2.45) is 0 Å². The quantitative estimate of drug-likeness (QED) is 0.107. The van der Waals surface area contributed by atoms with E-state index in [1.165, 1.54) is 19.0 Å². The number of alkyl halides is 2. The average molecular weight is 659 g/mol. The van der Waals surface area contributed by atoms with E-state index in [0.29, 0.717) is 0 Å². The number of rotatable bonds is 11. The molecular formula is C18H29F2N3O15P2S. The van der Waals surface area contributed by atoms with Gasteiger partial charge >= 0.3 is 20.2 Å². The number of phosphoric acid groups is 1. The summed E-state index contributed by atoms with van der Waals surface area (Å²) in [4.78, 5) is 47.1. The molecule has 2 saturated heterocycles. The molecule has 2 aliphatic rings. The van der Waals surface area contributed by atoms with Crippen molar-refractivity contribution >= 4 is 26.3 Å². The van der Waals surface area contributed by atoms with Crippen LogP contribution in [-0.2, 0) is 39.2 Å². The van der Waals surface area contributed by atoms with Crippen molar-refractivity contribution < 1.29 is 71.5 Å². The molecule has 0 saturated carbocycles. The Kier molecular flexibility index (Phi) is 10.8. The molecule has 0 aliphatic carbocycles. The number of likely N-dealkylation sites (N-methyl/N-ethyl adjacent to an activating group) is 1. The molecule has 41 heavy (non-hydrogen) atoms. The Balaban J connectivity index is 1.72. The molecule has 1 aromatic rings. The van der Waals surface area contributed by atoms with Crippen LogP contribution >= 0.6 is 14.5 Å². The van der Waals surface area contributed by atoms with Gasteiger partial charge in [0.15, 0.2) is 18.7 Å². The number of aliphatic hydroxyl groups is 5. The first kappa shape index (κ1) is 34.4. The van der Waals surface area contributed by atoms with E-state index in [2.05, 4.69) is 20.6 Å². The van der Waals surface area contributed by atoms with Crippen molar-refractivity contribution in [3.63, 3.8) is 0 Å².